The van der Waals surface area contributed by atoms with Crippen molar-refractivity contribution in [2.75, 3.05) is 0 Å². The maximum absolute atomic E-state index is 12.4. The SMILES string of the molecule is Cn1cnc2c(oc3nc(-c4ccco4)c4c(c32)CCCC4)c1=O. The predicted octanol–water partition coefficient (Wildman–Crippen LogP) is 3.21. The van der Waals surface area contributed by atoms with E-state index in [9.17, 15) is 4.79 Å². The van der Waals surface area contributed by atoms with Crippen LogP contribution < -0.4 is 5.56 Å². The highest BCUT2D eigenvalue weighted by Crippen LogP contribution is 2.38. The number of nitrogens with zero attached hydrogens (tertiary/aromatic N) is 3. The summed E-state index contributed by atoms with van der Waals surface area (Å²) in [6.45, 7) is 0. The van der Waals surface area contributed by atoms with Gasteiger partial charge in [-0.1, -0.05) is 0 Å². The fourth-order valence-corrected chi connectivity index (χ4v) is 3.62. The number of pyridine rings is 1. The number of aryl methyl sites for hydroxylation is 2. The second-order valence-corrected chi connectivity index (χ2v) is 6.22. The van der Waals surface area contributed by atoms with Crippen LogP contribution in [0.1, 0.15) is 24.0 Å². The summed E-state index contributed by atoms with van der Waals surface area (Å²) in [6.07, 6.45) is 7.31. The average molecular weight is 321 g/mol. The summed E-state index contributed by atoms with van der Waals surface area (Å²) in [7, 11) is 1.67. The number of hydrogen-bond donors (Lipinski definition) is 0. The molecule has 4 heterocycles. The molecular weight excluding hydrogens is 306 g/mol. The first-order valence-electron chi connectivity index (χ1n) is 8.07. The van der Waals surface area contributed by atoms with Gasteiger partial charge in [-0.05, 0) is 48.9 Å². The molecule has 0 saturated carbocycles. The van der Waals surface area contributed by atoms with Crippen molar-refractivity contribution in [2.45, 2.75) is 25.7 Å². The van der Waals surface area contributed by atoms with Gasteiger partial charge in [-0.2, -0.15) is 0 Å². The highest BCUT2D eigenvalue weighted by molar-refractivity contribution is 6.04. The molecule has 0 N–H and O–H groups in total. The molecule has 0 aromatic carbocycles. The van der Waals surface area contributed by atoms with Gasteiger partial charge in [0, 0.05) is 7.05 Å². The van der Waals surface area contributed by atoms with Crippen molar-refractivity contribution in [3.05, 3.63) is 46.2 Å². The van der Waals surface area contributed by atoms with Gasteiger partial charge in [0.15, 0.2) is 5.76 Å². The van der Waals surface area contributed by atoms with Crippen LogP contribution in [0.2, 0.25) is 0 Å². The number of hydrogen-bond acceptors (Lipinski definition) is 5. The number of aromatic nitrogens is 3. The zero-order valence-corrected chi connectivity index (χ0v) is 13.2. The molecule has 0 atom stereocenters. The van der Waals surface area contributed by atoms with Crippen molar-refractivity contribution >= 4 is 22.2 Å². The van der Waals surface area contributed by atoms with Crippen LogP contribution in [0, 0.1) is 0 Å². The molecule has 0 aliphatic heterocycles. The molecule has 0 radical (unpaired) electrons. The van der Waals surface area contributed by atoms with E-state index >= 15 is 0 Å². The van der Waals surface area contributed by atoms with Gasteiger partial charge in [0.25, 0.3) is 5.56 Å². The first-order valence-corrected chi connectivity index (χ1v) is 8.07. The molecule has 6 nitrogen and oxygen atoms in total. The topological polar surface area (TPSA) is 74.1 Å². The molecule has 0 bridgehead atoms. The van der Waals surface area contributed by atoms with E-state index < -0.39 is 0 Å². The Bertz CT molecular complexity index is 1140. The Morgan fingerprint density at radius 2 is 2.04 bits per heavy atom. The number of fused-ring (bicyclic) bond motifs is 5. The van der Waals surface area contributed by atoms with Crippen LogP contribution in [-0.2, 0) is 19.9 Å². The molecule has 0 unspecified atom stereocenters. The third-order valence-corrected chi connectivity index (χ3v) is 4.76. The summed E-state index contributed by atoms with van der Waals surface area (Å²) in [5.41, 5.74) is 4.36. The lowest BCUT2D eigenvalue weighted by molar-refractivity contribution is 0.575. The molecule has 1 aliphatic carbocycles. The van der Waals surface area contributed by atoms with Gasteiger partial charge in [-0.15, -0.1) is 0 Å². The first-order chi connectivity index (χ1) is 11.7. The van der Waals surface area contributed by atoms with Gasteiger partial charge >= 0.3 is 0 Å². The Morgan fingerprint density at radius 3 is 2.83 bits per heavy atom. The van der Waals surface area contributed by atoms with E-state index in [4.69, 9.17) is 13.8 Å². The molecular formula is C18H15N3O3. The zero-order chi connectivity index (χ0) is 16.3. The minimum atomic E-state index is -0.192. The highest BCUT2D eigenvalue weighted by atomic mass is 16.3. The van der Waals surface area contributed by atoms with E-state index in [1.54, 1.807) is 13.3 Å². The van der Waals surface area contributed by atoms with Crippen LogP contribution in [-0.4, -0.2) is 14.5 Å². The minimum absolute atomic E-state index is 0.192. The molecule has 0 spiro atoms. The lowest BCUT2D eigenvalue weighted by atomic mass is 9.88. The van der Waals surface area contributed by atoms with Gasteiger partial charge in [0.05, 0.1) is 18.0 Å². The second-order valence-electron chi connectivity index (χ2n) is 6.22. The molecule has 4 aromatic heterocycles. The fraction of sp³-hybridized carbons (Fsp3) is 0.278. The third kappa shape index (κ3) is 1.73. The van der Waals surface area contributed by atoms with E-state index in [0.717, 1.165) is 42.5 Å². The van der Waals surface area contributed by atoms with Crippen molar-refractivity contribution in [3.63, 3.8) is 0 Å². The zero-order valence-electron chi connectivity index (χ0n) is 13.2. The molecule has 1 aliphatic rings. The Kier molecular flexibility index (Phi) is 2.71. The Balaban J connectivity index is 1.96. The molecule has 0 fully saturated rings. The summed E-state index contributed by atoms with van der Waals surface area (Å²) in [5, 5.41) is 0.882. The molecule has 0 saturated heterocycles. The smallest absolute Gasteiger partial charge is 0.296 e. The van der Waals surface area contributed by atoms with Crippen molar-refractivity contribution in [1.82, 2.24) is 14.5 Å². The molecule has 24 heavy (non-hydrogen) atoms. The monoisotopic (exact) mass is 321 g/mol. The summed E-state index contributed by atoms with van der Waals surface area (Å²) < 4.78 is 12.8. The predicted molar refractivity (Wildman–Crippen MR) is 88.9 cm³/mol. The maximum atomic E-state index is 12.4. The summed E-state index contributed by atoms with van der Waals surface area (Å²) in [6, 6.07) is 3.76. The van der Waals surface area contributed by atoms with Crippen LogP contribution in [0.3, 0.4) is 0 Å². The quantitative estimate of drug-likeness (QED) is 0.538. The average Bonchev–Trinajstić information content (AvgIpc) is 3.25. The van der Waals surface area contributed by atoms with Crippen LogP contribution in [0.15, 0.2) is 38.4 Å². The van der Waals surface area contributed by atoms with Crippen LogP contribution >= 0.6 is 0 Å². The number of furan rings is 2. The summed E-state index contributed by atoms with van der Waals surface area (Å²) >= 11 is 0. The second kappa shape index (κ2) is 4.80. The minimum Gasteiger partial charge on any atom is -0.463 e. The standard InChI is InChI=1S/C18H15N3O3/c1-21-9-19-15-13-10-5-2-3-6-11(10)14(12-7-4-8-23-12)20-17(13)24-16(15)18(21)22/h4,7-9H,2-3,5-6H2,1H3. The molecule has 5 rings (SSSR count). The van der Waals surface area contributed by atoms with E-state index in [2.05, 4.69) is 4.98 Å². The molecule has 6 heteroatoms. The van der Waals surface area contributed by atoms with E-state index in [1.807, 2.05) is 12.1 Å². The van der Waals surface area contributed by atoms with Gasteiger partial charge in [-0.3, -0.25) is 9.36 Å². The van der Waals surface area contributed by atoms with Gasteiger partial charge in [0.1, 0.15) is 11.2 Å². The molecule has 0 amide bonds. The van der Waals surface area contributed by atoms with Gasteiger partial charge in [0.2, 0.25) is 11.3 Å². The fourth-order valence-electron chi connectivity index (χ4n) is 3.62. The van der Waals surface area contributed by atoms with E-state index in [-0.39, 0.29) is 11.1 Å². The Labute approximate surface area is 136 Å². The van der Waals surface area contributed by atoms with Crippen molar-refractivity contribution in [2.24, 2.45) is 7.05 Å². The van der Waals surface area contributed by atoms with Crippen LogP contribution in [0.5, 0.6) is 0 Å². The third-order valence-electron chi connectivity index (χ3n) is 4.76. The largest absolute Gasteiger partial charge is 0.463 e. The lowest BCUT2D eigenvalue weighted by Crippen LogP contribution is -2.15. The summed E-state index contributed by atoms with van der Waals surface area (Å²) in [5.74, 6) is 0.733. The van der Waals surface area contributed by atoms with Crippen molar-refractivity contribution < 1.29 is 8.83 Å². The van der Waals surface area contributed by atoms with E-state index in [0.29, 0.717) is 11.2 Å². The van der Waals surface area contributed by atoms with Gasteiger partial charge < -0.3 is 8.83 Å². The van der Waals surface area contributed by atoms with E-state index in [1.165, 1.54) is 22.0 Å². The lowest BCUT2D eigenvalue weighted by Gasteiger charge is -2.18. The highest BCUT2D eigenvalue weighted by Gasteiger charge is 2.25. The normalized spacial score (nSPS) is 14.4. The number of rotatable bonds is 1. The van der Waals surface area contributed by atoms with Crippen LogP contribution in [0.4, 0.5) is 0 Å². The van der Waals surface area contributed by atoms with Crippen LogP contribution in [0.25, 0.3) is 33.7 Å². The molecule has 4 aromatic rings. The summed E-state index contributed by atoms with van der Waals surface area (Å²) in [4.78, 5) is 21.5. The first kappa shape index (κ1) is 13.5. The van der Waals surface area contributed by atoms with Crippen molar-refractivity contribution in [1.29, 1.82) is 0 Å². The molecule has 120 valence electrons. The van der Waals surface area contributed by atoms with Crippen molar-refractivity contribution in [3.8, 4) is 11.5 Å². The Hall–Kier alpha value is -2.89. The Morgan fingerprint density at radius 1 is 1.21 bits per heavy atom. The maximum Gasteiger partial charge on any atom is 0.296 e. The van der Waals surface area contributed by atoms with Gasteiger partial charge in [-0.25, -0.2) is 9.97 Å².